The number of rotatable bonds is 6. The number of benzene rings is 3. The summed E-state index contributed by atoms with van der Waals surface area (Å²) >= 11 is 0. The molecule has 0 fully saturated rings. The number of carbonyl (C=O) groups is 1. The molecule has 0 radical (unpaired) electrons. The molecule has 0 atom stereocenters. The maximum absolute atomic E-state index is 10.5. The first-order valence-corrected chi connectivity index (χ1v) is 9.65. The van der Waals surface area contributed by atoms with Gasteiger partial charge in [-0.25, -0.2) is 14.6 Å². The molecular weight excluding hydrogens is 380 g/mol. The minimum atomic E-state index is -0.736. The van der Waals surface area contributed by atoms with E-state index in [0.29, 0.717) is 5.56 Å². The smallest absolute Gasteiger partial charge is 0.296 e. The molecule has 0 spiro atoms. The molecule has 3 aromatic carbocycles. The minimum Gasteiger partial charge on any atom is -0.296 e. The Hall–Kier alpha value is -2.99. The van der Waals surface area contributed by atoms with Crippen LogP contribution in [0.3, 0.4) is 0 Å². The second-order valence-corrected chi connectivity index (χ2v) is 7.66. The molecule has 0 bridgehead atoms. The molecule has 0 unspecified atom stereocenters. The van der Waals surface area contributed by atoms with Gasteiger partial charge in [-0.15, -0.1) is 0 Å². The molecule has 158 valence electrons. The first-order chi connectivity index (χ1) is 14.3. The van der Waals surface area contributed by atoms with Crippen molar-refractivity contribution < 1.29 is 24.7 Å². The van der Waals surface area contributed by atoms with Crippen molar-refractivity contribution in [3.63, 3.8) is 0 Å². The molecule has 1 N–H and O–H groups in total. The second-order valence-electron chi connectivity index (χ2n) is 7.66. The van der Waals surface area contributed by atoms with Crippen LogP contribution in [0.1, 0.15) is 49.2 Å². The molecule has 0 saturated carbocycles. The Morgan fingerprint density at radius 2 is 0.967 bits per heavy atom. The Balaban J connectivity index is 0.000000269. The predicted molar refractivity (Wildman–Crippen MR) is 116 cm³/mol. The van der Waals surface area contributed by atoms with Gasteiger partial charge in [-0.05, 0) is 51.0 Å². The van der Waals surface area contributed by atoms with Gasteiger partial charge in [-0.1, -0.05) is 78.9 Å². The van der Waals surface area contributed by atoms with E-state index in [0.717, 1.165) is 11.1 Å². The van der Waals surface area contributed by atoms with Gasteiger partial charge in [0.2, 0.25) is 0 Å². The third-order valence-electron chi connectivity index (χ3n) is 4.49. The Morgan fingerprint density at radius 1 is 0.633 bits per heavy atom. The van der Waals surface area contributed by atoms with Crippen molar-refractivity contribution in [3.8, 4) is 0 Å². The van der Waals surface area contributed by atoms with Gasteiger partial charge < -0.3 is 0 Å². The Morgan fingerprint density at radius 3 is 1.30 bits per heavy atom. The first-order valence-electron chi connectivity index (χ1n) is 9.65. The van der Waals surface area contributed by atoms with Crippen LogP contribution in [0.25, 0.3) is 0 Å². The van der Waals surface area contributed by atoms with Crippen LogP contribution in [0.4, 0.5) is 0 Å². The summed E-state index contributed by atoms with van der Waals surface area (Å²) in [6.07, 6.45) is 0. The molecule has 0 aromatic heterocycles. The van der Waals surface area contributed by atoms with Crippen LogP contribution in [-0.2, 0) is 25.9 Å². The molecule has 3 rings (SSSR count). The van der Waals surface area contributed by atoms with Gasteiger partial charge in [-0.2, -0.15) is 5.26 Å². The van der Waals surface area contributed by atoms with Gasteiger partial charge in [0.15, 0.2) is 0 Å². The molecule has 3 aromatic rings. The van der Waals surface area contributed by atoms with Crippen LogP contribution < -0.4 is 0 Å². The van der Waals surface area contributed by atoms with Crippen LogP contribution in [-0.4, -0.2) is 11.2 Å². The van der Waals surface area contributed by atoms with E-state index in [2.05, 4.69) is 4.89 Å². The van der Waals surface area contributed by atoms with Crippen LogP contribution in [0.15, 0.2) is 91.0 Å². The molecule has 0 heterocycles. The standard InChI is InChI=1S/C18H22O2.C7H6O3/c1-17(2,15-11-7-5-8-12-15)19-20-18(3,4)16-13-9-6-10-14-16;8-7(10-9)6-4-2-1-3-5-6/h5-14H,1-4H3;1-5,9H. The molecule has 5 heteroatoms. The summed E-state index contributed by atoms with van der Waals surface area (Å²) in [5, 5.41) is 7.94. The molecule has 0 aliphatic carbocycles. The largest absolute Gasteiger partial charge is 0.372 e. The zero-order chi connectivity index (χ0) is 22.0. The highest BCUT2D eigenvalue weighted by atomic mass is 17.2. The molecule has 0 aliphatic rings. The number of hydrogen-bond acceptors (Lipinski definition) is 5. The molecular formula is C25H28O5. The Labute approximate surface area is 177 Å². The average Bonchev–Trinajstić information content (AvgIpc) is 2.79. The topological polar surface area (TPSA) is 65.0 Å². The molecule has 30 heavy (non-hydrogen) atoms. The van der Waals surface area contributed by atoms with Crippen molar-refractivity contribution in [2.45, 2.75) is 38.9 Å². The summed E-state index contributed by atoms with van der Waals surface area (Å²) in [6, 6.07) is 28.4. The van der Waals surface area contributed by atoms with Gasteiger partial charge in [0.1, 0.15) is 11.2 Å². The third-order valence-corrected chi connectivity index (χ3v) is 4.49. The van der Waals surface area contributed by atoms with Gasteiger partial charge in [-0.3, -0.25) is 4.89 Å². The fraction of sp³-hybridized carbons (Fsp3) is 0.240. The maximum atomic E-state index is 10.5. The van der Waals surface area contributed by atoms with E-state index >= 15 is 0 Å². The predicted octanol–water partition coefficient (Wildman–Crippen LogP) is 6.12. The lowest BCUT2D eigenvalue weighted by Crippen LogP contribution is -2.29. The van der Waals surface area contributed by atoms with E-state index in [1.54, 1.807) is 30.3 Å². The number of carbonyl (C=O) groups excluding carboxylic acids is 1. The SMILES string of the molecule is CC(C)(OOC(C)(C)c1ccccc1)c1ccccc1.O=C(OO)c1ccccc1. The fourth-order valence-corrected chi connectivity index (χ4v) is 2.61. The maximum Gasteiger partial charge on any atom is 0.372 e. The summed E-state index contributed by atoms with van der Waals surface area (Å²) in [5.41, 5.74) is 1.53. The lowest BCUT2D eigenvalue weighted by atomic mass is 9.98. The van der Waals surface area contributed by atoms with Crippen LogP contribution in [0, 0.1) is 0 Å². The zero-order valence-electron chi connectivity index (χ0n) is 17.7. The van der Waals surface area contributed by atoms with E-state index < -0.39 is 17.2 Å². The van der Waals surface area contributed by atoms with Crippen molar-refractivity contribution in [2.24, 2.45) is 0 Å². The lowest BCUT2D eigenvalue weighted by molar-refractivity contribution is -0.410. The van der Waals surface area contributed by atoms with Crippen molar-refractivity contribution in [2.75, 3.05) is 0 Å². The van der Waals surface area contributed by atoms with Crippen LogP contribution in [0.2, 0.25) is 0 Å². The van der Waals surface area contributed by atoms with Crippen molar-refractivity contribution in [1.82, 2.24) is 0 Å². The minimum absolute atomic E-state index is 0.338. The molecule has 0 amide bonds. The monoisotopic (exact) mass is 408 g/mol. The third kappa shape index (κ3) is 6.81. The van der Waals surface area contributed by atoms with E-state index in [4.69, 9.17) is 15.0 Å². The quantitative estimate of drug-likeness (QED) is 0.393. The summed E-state index contributed by atoms with van der Waals surface area (Å²) in [4.78, 5) is 25.5. The summed E-state index contributed by atoms with van der Waals surface area (Å²) in [5.74, 6) is -0.736. The van der Waals surface area contributed by atoms with Gasteiger partial charge in [0, 0.05) is 0 Å². The zero-order valence-corrected chi connectivity index (χ0v) is 17.7. The lowest BCUT2D eigenvalue weighted by Gasteiger charge is -2.31. The first kappa shape index (κ1) is 23.3. The van der Waals surface area contributed by atoms with E-state index in [1.807, 2.05) is 88.4 Å². The van der Waals surface area contributed by atoms with Crippen LogP contribution in [0.5, 0.6) is 0 Å². The highest BCUT2D eigenvalue weighted by Gasteiger charge is 2.29. The van der Waals surface area contributed by atoms with E-state index in [-0.39, 0.29) is 0 Å². The van der Waals surface area contributed by atoms with Crippen molar-refractivity contribution in [3.05, 3.63) is 108 Å². The highest BCUT2D eigenvalue weighted by molar-refractivity contribution is 5.88. The van der Waals surface area contributed by atoms with Gasteiger partial charge in [0.25, 0.3) is 0 Å². The molecule has 0 saturated heterocycles. The Kier molecular flexibility index (Phi) is 8.30. The number of hydrogen-bond donors (Lipinski definition) is 1. The molecule has 0 aliphatic heterocycles. The van der Waals surface area contributed by atoms with E-state index in [1.165, 1.54) is 0 Å². The van der Waals surface area contributed by atoms with E-state index in [9.17, 15) is 4.79 Å². The summed E-state index contributed by atoms with van der Waals surface area (Å²) < 4.78 is 0. The molecule has 5 nitrogen and oxygen atoms in total. The second kappa shape index (κ2) is 10.7. The van der Waals surface area contributed by atoms with Crippen LogP contribution >= 0.6 is 0 Å². The average molecular weight is 408 g/mol. The van der Waals surface area contributed by atoms with Gasteiger partial charge in [0.05, 0.1) is 5.56 Å². The fourth-order valence-electron chi connectivity index (χ4n) is 2.61. The summed E-state index contributed by atoms with van der Waals surface area (Å²) in [7, 11) is 0. The summed E-state index contributed by atoms with van der Waals surface area (Å²) in [6.45, 7) is 8.01. The van der Waals surface area contributed by atoms with Crippen molar-refractivity contribution in [1.29, 1.82) is 0 Å². The van der Waals surface area contributed by atoms with Gasteiger partial charge >= 0.3 is 5.97 Å². The highest BCUT2D eigenvalue weighted by Crippen LogP contribution is 2.31. The normalized spacial score (nSPS) is 11.2. The van der Waals surface area contributed by atoms with Crippen molar-refractivity contribution >= 4 is 5.97 Å². The Bertz CT molecular complexity index is 839.